The van der Waals surface area contributed by atoms with E-state index in [0.717, 1.165) is 12.8 Å². The number of amides is 1. The van der Waals surface area contributed by atoms with Crippen molar-refractivity contribution in [3.05, 3.63) is 36.5 Å². The summed E-state index contributed by atoms with van der Waals surface area (Å²) in [5.74, 6) is 0.488. The van der Waals surface area contributed by atoms with Crippen LogP contribution in [-0.4, -0.2) is 49.6 Å². The second kappa shape index (κ2) is 10.4. The van der Waals surface area contributed by atoms with Crippen LogP contribution in [0.1, 0.15) is 47.5 Å². The van der Waals surface area contributed by atoms with Crippen LogP contribution in [0.15, 0.2) is 36.5 Å². The largest absolute Gasteiger partial charge is 0.375 e. The summed E-state index contributed by atoms with van der Waals surface area (Å²) in [5, 5.41) is 3.10. The number of hydrogen-bond donors (Lipinski definition) is 1. The fraction of sp³-hybridized carbons (Fsp3) is 0.696. The van der Waals surface area contributed by atoms with E-state index in [9.17, 15) is 4.79 Å². The van der Waals surface area contributed by atoms with Crippen LogP contribution in [0.4, 0.5) is 0 Å². The van der Waals surface area contributed by atoms with Gasteiger partial charge in [-0.1, -0.05) is 44.2 Å². The van der Waals surface area contributed by atoms with Crippen LogP contribution in [-0.2, 0) is 19.0 Å². The Hall–Kier alpha value is -1.43. The molecule has 0 aromatic rings. The molecule has 0 saturated carbocycles. The monoisotopic (exact) mass is 391 g/mol. The first-order valence-corrected chi connectivity index (χ1v) is 10.4. The summed E-state index contributed by atoms with van der Waals surface area (Å²) in [7, 11) is 0. The number of allylic oxidation sites excluding steroid dienone is 2. The SMILES string of the molecule is C=C/C(C)=C/C[C@@H]1O[C@H](C)[C@H](NC(=O)/C=C\C(C)COC2(C)COC2)C[C@@H]1C. The van der Waals surface area contributed by atoms with E-state index in [1.807, 2.05) is 39.8 Å². The first-order chi connectivity index (χ1) is 13.2. The van der Waals surface area contributed by atoms with Crippen molar-refractivity contribution >= 4 is 5.91 Å². The second-order valence-electron chi connectivity index (χ2n) is 8.69. The predicted octanol–water partition coefficient (Wildman–Crippen LogP) is 3.80. The first kappa shape index (κ1) is 22.9. The molecule has 0 spiro atoms. The Morgan fingerprint density at radius 2 is 2.11 bits per heavy atom. The van der Waals surface area contributed by atoms with E-state index in [0.29, 0.717) is 25.7 Å². The highest BCUT2D eigenvalue weighted by Crippen LogP contribution is 2.28. The van der Waals surface area contributed by atoms with E-state index < -0.39 is 0 Å². The zero-order chi connectivity index (χ0) is 20.7. The van der Waals surface area contributed by atoms with Gasteiger partial charge in [-0.25, -0.2) is 0 Å². The molecule has 158 valence electrons. The Morgan fingerprint density at radius 1 is 1.39 bits per heavy atom. The topological polar surface area (TPSA) is 56.8 Å². The van der Waals surface area contributed by atoms with Crippen LogP contribution >= 0.6 is 0 Å². The number of carbonyl (C=O) groups is 1. The molecule has 0 aromatic heterocycles. The lowest BCUT2D eigenvalue weighted by Crippen LogP contribution is -2.50. The van der Waals surface area contributed by atoms with Crippen LogP contribution in [0.3, 0.4) is 0 Å². The van der Waals surface area contributed by atoms with Crippen LogP contribution in [0, 0.1) is 11.8 Å². The van der Waals surface area contributed by atoms with Gasteiger partial charge in [0.1, 0.15) is 5.60 Å². The molecule has 1 unspecified atom stereocenters. The van der Waals surface area contributed by atoms with Crippen LogP contribution in [0.25, 0.3) is 0 Å². The maximum absolute atomic E-state index is 12.3. The lowest BCUT2D eigenvalue weighted by Gasteiger charge is -2.39. The Morgan fingerprint density at radius 3 is 2.71 bits per heavy atom. The molecule has 28 heavy (non-hydrogen) atoms. The quantitative estimate of drug-likeness (QED) is 0.480. The lowest BCUT2D eigenvalue weighted by molar-refractivity contribution is -0.201. The molecule has 0 aliphatic carbocycles. The van der Waals surface area contributed by atoms with Gasteiger partial charge in [-0.05, 0) is 51.5 Å². The van der Waals surface area contributed by atoms with Crippen molar-refractivity contribution in [2.75, 3.05) is 19.8 Å². The standard InChI is InChI=1S/C23H37NO4/c1-7-16(2)8-10-21-18(4)12-20(19(5)28-21)24-22(25)11-9-17(3)13-27-23(6)14-26-15-23/h7-9,11,17-21H,1,10,12-15H2,2-6H3,(H,24,25)/b11-9-,16-8+/t17?,18-,19+,20+,21-/m0/s1. The summed E-state index contributed by atoms with van der Waals surface area (Å²) in [6.45, 7) is 16.0. The van der Waals surface area contributed by atoms with E-state index in [1.165, 1.54) is 5.57 Å². The third-order valence-corrected chi connectivity index (χ3v) is 5.62. The molecule has 0 bridgehead atoms. The minimum absolute atomic E-state index is 0.00434. The molecule has 0 radical (unpaired) electrons. The maximum Gasteiger partial charge on any atom is 0.243 e. The van der Waals surface area contributed by atoms with Crippen molar-refractivity contribution in [2.24, 2.45) is 11.8 Å². The molecular weight excluding hydrogens is 354 g/mol. The van der Waals surface area contributed by atoms with E-state index in [1.54, 1.807) is 6.08 Å². The summed E-state index contributed by atoms with van der Waals surface area (Å²) in [6.07, 6.45) is 9.53. The third kappa shape index (κ3) is 6.87. The minimum Gasteiger partial charge on any atom is -0.375 e. The van der Waals surface area contributed by atoms with Crippen molar-refractivity contribution in [1.29, 1.82) is 0 Å². The highest BCUT2D eigenvalue weighted by Gasteiger charge is 2.35. The number of rotatable bonds is 9. The third-order valence-electron chi connectivity index (χ3n) is 5.62. The summed E-state index contributed by atoms with van der Waals surface area (Å²) >= 11 is 0. The molecule has 5 heteroatoms. The fourth-order valence-electron chi connectivity index (χ4n) is 3.44. The number of nitrogens with one attached hydrogen (secondary N) is 1. The van der Waals surface area contributed by atoms with Crippen molar-refractivity contribution in [3.63, 3.8) is 0 Å². The summed E-state index contributed by atoms with van der Waals surface area (Å²) in [6, 6.07) is 0.0328. The molecule has 2 aliphatic rings. The number of carbonyl (C=O) groups excluding carboxylic acids is 1. The van der Waals surface area contributed by atoms with Gasteiger partial charge in [0.25, 0.3) is 0 Å². The van der Waals surface area contributed by atoms with Crippen molar-refractivity contribution in [1.82, 2.24) is 5.32 Å². The van der Waals surface area contributed by atoms with Crippen molar-refractivity contribution in [2.45, 2.75) is 71.3 Å². The molecule has 2 aliphatic heterocycles. The maximum atomic E-state index is 12.3. The Kier molecular flexibility index (Phi) is 8.47. The van der Waals surface area contributed by atoms with Crippen molar-refractivity contribution in [3.8, 4) is 0 Å². The average molecular weight is 392 g/mol. The fourth-order valence-corrected chi connectivity index (χ4v) is 3.44. The van der Waals surface area contributed by atoms with Crippen LogP contribution in [0.2, 0.25) is 0 Å². The normalized spacial score (nSPS) is 31.2. The van der Waals surface area contributed by atoms with Crippen molar-refractivity contribution < 1.29 is 19.0 Å². The molecule has 2 fully saturated rings. The minimum atomic E-state index is -0.161. The zero-order valence-electron chi connectivity index (χ0n) is 18.1. The van der Waals surface area contributed by atoms with Gasteiger partial charge in [0, 0.05) is 0 Å². The van der Waals surface area contributed by atoms with Gasteiger partial charge in [-0.3, -0.25) is 4.79 Å². The van der Waals surface area contributed by atoms with Gasteiger partial charge >= 0.3 is 0 Å². The Balaban J connectivity index is 1.76. The first-order valence-electron chi connectivity index (χ1n) is 10.4. The molecular formula is C23H37NO4. The van der Waals surface area contributed by atoms with Gasteiger partial charge in [0.05, 0.1) is 38.1 Å². The molecule has 1 amide bonds. The lowest BCUT2D eigenvalue weighted by atomic mass is 9.88. The zero-order valence-corrected chi connectivity index (χ0v) is 18.1. The highest BCUT2D eigenvalue weighted by atomic mass is 16.6. The van der Waals surface area contributed by atoms with Gasteiger partial charge < -0.3 is 19.5 Å². The van der Waals surface area contributed by atoms with Gasteiger partial charge in [0.2, 0.25) is 5.91 Å². The molecule has 1 N–H and O–H groups in total. The Labute approximate surface area is 170 Å². The average Bonchev–Trinajstić information content (AvgIpc) is 2.64. The molecule has 2 rings (SSSR count). The number of hydrogen-bond acceptors (Lipinski definition) is 4. The van der Waals surface area contributed by atoms with Gasteiger partial charge in [-0.2, -0.15) is 0 Å². The summed E-state index contributed by atoms with van der Waals surface area (Å²) in [4.78, 5) is 12.3. The summed E-state index contributed by atoms with van der Waals surface area (Å²) < 4.78 is 17.2. The second-order valence-corrected chi connectivity index (χ2v) is 8.69. The highest BCUT2D eigenvalue weighted by molar-refractivity contribution is 5.87. The smallest absolute Gasteiger partial charge is 0.243 e. The molecule has 5 atom stereocenters. The van der Waals surface area contributed by atoms with Crippen LogP contribution in [0.5, 0.6) is 0 Å². The Bertz CT molecular complexity index is 593. The molecule has 0 aromatic carbocycles. The van der Waals surface area contributed by atoms with E-state index >= 15 is 0 Å². The van der Waals surface area contributed by atoms with E-state index in [4.69, 9.17) is 14.2 Å². The molecule has 2 heterocycles. The van der Waals surface area contributed by atoms with Gasteiger partial charge in [-0.15, -0.1) is 0 Å². The van der Waals surface area contributed by atoms with E-state index in [2.05, 4.69) is 24.9 Å². The summed E-state index contributed by atoms with van der Waals surface area (Å²) in [5.41, 5.74) is 1.01. The van der Waals surface area contributed by atoms with E-state index in [-0.39, 0.29) is 35.7 Å². The predicted molar refractivity (Wildman–Crippen MR) is 112 cm³/mol. The molecule has 2 saturated heterocycles. The van der Waals surface area contributed by atoms with Crippen LogP contribution < -0.4 is 5.32 Å². The van der Waals surface area contributed by atoms with Gasteiger partial charge in [0.15, 0.2) is 0 Å². The number of ether oxygens (including phenoxy) is 3. The molecule has 5 nitrogen and oxygen atoms in total.